The van der Waals surface area contributed by atoms with E-state index in [1.807, 2.05) is 0 Å². The summed E-state index contributed by atoms with van der Waals surface area (Å²) < 4.78 is 28.0. The molecular formula is C7H9NO5S2. The highest BCUT2D eigenvalue weighted by Crippen LogP contribution is 2.21. The molecule has 0 heterocycles. The smallest absolute Gasteiger partial charge is 0.357 e. The summed E-state index contributed by atoms with van der Waals surface area (Å²) in [5.41, 5.74) is 0.285. The van der Waals surface area contributed by atoms with Gasteiger partial charge in [0.2, 0.25) is 0 Å². The van der Waals surface area contributed by atoms with Crippen molar-refractivity contribution in [3.63, 3.8) is 0 Å². The van der Waals surface area contributed by atoms with Crippen molar-refractivity contribution in [1.29, 1.82) is 0 Å². The molecule has 1 aromatic rings. The molecule has 84 valence electrons. The maximum Gasteiger partial charge on any atom is 0.357 e. The Kier molecular flexibility index (Phi) is 4.85. The van der Waals surface area contributed by atoms with E-state index >= 15 is 0 Å². The lowest BCUT2D eigenvalue weighted by Gasteiger charge is -2.13. The minimum absolute atomic E-state index is 0.150. The third kappa shape index (κ3) is 4.06. The van der Waals surface area contributed by atoms with Gasteiger partial charge in [0.1, 0.15) is 5.75 Å². The quantitative estimate of drug-likeness (QED) is 0.467. The Hall–Kier alpha value is -0.800. The lowest BCUT2D eigenvalue weighted by atomic mass is 10.3. The van der Waals surface area contributed by atoms with Crippen molar-refractivity contribution in [1.82, 2.24) is 0 Å². The molecule has 1 unspecified atom stereocenters. The number of hydrogen-bond donors (Lipinski definition) is 2. The average molecular weight is 251 g/mol. The fourth-order valence-electron chi connectivity index (χ4n) is 0.850. The fourth-order valence-corrected chi connectivity index (χ4v) is 1.35. The molecule has 0 aromatic heterocycles. The average Bonchev–Trinajstić information content (AvgIpc) is 2.17. The standard InChI is InChI=1S/C7H9NO5S2/c1-14-13-8(9)6-3-2-4-7(5-6)12-15(10)11/h2-5,9H,1H3,(H,10,11). The van der Waals surface area contributed by atoms with Gasteiger partial charge in [-0.25, -0.2) is 0 Å². The third-order valence-corrected chi connectivity index (χ3v) is 1.98. The second-order valence-electron chi connectivity index (χ2n) is 2.31. The van der Waals surface area contributed by atoms with Crippen LogP contribution < -0.4 is 9.41 Å². The van der Waals surface area contributed by atoms with Crippen LogP contribution in [0.5, 0.6) is 5.75 Å². The minimum atomic E-state index is -2.39. The van der Waals surface area contributed by atoms with Gasteiger partial charge in [-0.1, -0.05) is 6.07 Å². The number of anilines is 1. The largest absolute Gasteiger partial charge is 0.380 e. The normalized spacial score (nSPS) is 12.2. The van der Waals surface area contributed by atoms with E-state index in [2.05, 4.69) is 4.18 Å². The van der Waals surface area contributed by atoms with Crippen LogP contribution in [0.2, 0.25) is 0 Å². The molecule has 0 fully saturated rings. The summed E-state index contributed by atoms with van der Waals surface area (Å²) in [6.07, 6.45) is 1.63. The lowest BCUT2D eigenvalue weighted by molar-refractivity contribution is 0.0706. The van der Waals surface area contributed by atoms with Gasteiger partial charge in [0.15, 0.2) is 0 Å². The summed E-state index contributed by atoms with van der Waals surface area (Å²) in [6, 6.07) is 5.92. The summed E-state index contributed by atoms with van der Waals surface area (Å²) in [6.45, 7) is 0. The zero-order valence-electron chi connectivity index (χ0n) is 7.69. The van der Waals surface area contributed by atoms with Gasteiger partial charge >= 0.3 is 11.4 Å². The van der Waals surface area contributed by atoms with Crippen molar-refractivity contribution < 1.29 is 22.4 Å². The topological polar surface area (TPSA) is 79.2 Å². The van der Waals surface area contributed by atoms with E-state index in [-0.39, 0.29) is 11.4 Å². The predicted molar refractivity (Wildman–Crippen MR) is 56.7 cm³/mol. The summed E-state index contributed by atoms with van der Waals surface area (Å²) in [5.74, 6) is 0.150. The first-order chi connectivity index (χ1) is 7.13. The van der Waals surface area contributed by atoms with Gasteiger partial charge in [-0.3, -0.25) is 9.76 Å². The monoisotopic (exact) mass is 251 g/mol. The highest BCUT2D eigenvalue weighted by molar-refractivity contribution is 7.93. The molecule has 0 saturated heterocycles. The van der Waals surface area contributed by atoms with Crippen LogP contribution in [0.3, 0.4) is 0 Å². The molecule has 0 amide bonds. The maximum atomic E-state index is 10.4. The highest BCUT2D eigenvalue weighted by atomic mass is 32.2. The molecule has 6 nitrogen and oxygen atoms in total. The zero-order valence-corrected chi connectivity index (χ0v) is 9.33. The molecular weight excluding hydrogens is 242 g/mol. The molecule has 0 aliphatic heterocycles. The van der Waals surface area contributed by atoms with Crippen molar-refractivity contribution in [3.8, 4) is 5.75 Å². The van der Waals surface area contributed by atoms with Crippen LogP contribution in [0.15, 0.2) is 24.3 Å². The van der Waals surface area contributed by atoms with Crippen LogP contribution in [-0.4, -0.2) is 20.2 Å². The van der Waals surface area contributed by atoms with Gasteiger partial charge in [-0.15, -0.1) is 5.23 Å². The first-order valence-corrected chi connectivity index (χ1v) is 5.90. The summed E-state index contributed by atoms with van der Waals surface area (Å²) in [5, 5.41) is 9.80. The second kappa shape index (κ2) is 5.93. The summed E-state index contributed by atoms with van der Waals surface area (Å²) in [4.78, 5) is 0. The van der Waals surface area contributed by atoms with Gasteiger partial charge in [0, 0.05) is 24.4 Å². The Morgan fingerprint density at radius 1 is 1.53 bits per heavy atom. The van der Waals surface area contributed by atoms with E-state index in [9.17, 15) is 9.42 Å². The number of hydrogen-bond acceptors (Lipinski definition) is 6. The Bertz CT molecular complexity index is 348. The van der Waals surface area contributed by atoms with Crippen LogP contribution in [0.4, 0.5) is 5.69 Å². The van der Waals surface area contributed by atoms with Crippen LogP contribution >= 0.6 is 12.0 Å². The van der Waals surface area contributed by atoms with E-state index < -0.39 is 11.4 Å². The van der Waals surface area contributed by atoms with Gasteiger partial charge < -0.3 is 4.18 Å². The molecule has 2 N–H and O–H groups in total. The summed E-state index contributed by atoms with van der Waals surface area (Å²) in [7, 11) is 0. The first-order valence-electron chi connectivity index (χ1n) is 3.72. The third-order valence-electron chi connectivity index (χ3n) is 1.35. The van der Waals surface area contributed by atoms with Gasteiger partial charge in [-0.2, -0.15) is 8.49 Å². The molecule has 0 aliphatic rings. The molecule has 15 heavy (non-hydrogen) atoms. The van der Waals surface area contributed by atoms with Crippen molar-refractivity contribution in [2.75, 3.05) is 11.5 Å². The molecule has 1 rings (SSSR count). The van der Waals surface area contributed by atoms with Gasteiger partial charge in [-0.05, 0) is 12.1 Å². The van der Waals surface area contributed by atoms with Gasteiger partial charge in [0.25, 0.3) is 0 Å². The van der Waals surface area contributed by atoms with Gasteiger partial charge in [0.05, 0.1) is 5.69 Å². The van der Waals surface area contributed by atoms with Crippen molar-refractivity contribution >= 4 is 29.1 Å². The van der Waals surface area contributed by atoms with E-state index in [0.29, 0.717) is 5.23 Å². The Morgan fingerprint density at radius 2 is 2.27 bits per heavy atom. The van der Waals surface area contributed by atoms with Crippen molar-refractivity contribution in [3.05, 3.63) is 24.3 Å². The van der Waals surface area contributed by atoms with Crippen molar-refractivity contribution in [2.24, 2.45) is 0 Å². The van der Waals surface area contributed by atoms with Crippen LogP contribution in [0.1, 0.15) is 0 Å². The molecule has 0 radical (unpaired) electrons. The molecule has 0 bridgehead atoms. The Morgan fingerprint density at radius 3 is 2.87 bits per heavy atom. The number of rotatable bonds is 5. The minimum Gasteiger partial charge on any atom is -0.380 e. The number of benzene rings is 1. The first kappa shape index (κ1) is 12.3. The van der Waals surface area contributed by atoms with Crippen LogP contribution in [-0.2, 0) is 15.6 Å². The second-order valence-corrected chi connectivity index (χ2v) is 3.40. The molecule has 0 aliphatic carbocycles. The summed E-state index contributed by atoms with van der Waals surface area (Å²) >= 11 is -1.44. The number of nitrogens with zero attached hydrogens (tertiary/aromatic N) is 1. The Labute approximate surface area is 93.4 Å². The van der Waals surface area contributed by atoms with Crippen molar-refractivity contribution in [2.45, 2.75) is 0 Å². The zero-order chi connectivity index (χ0) is 11.3. The molecule has 0 saturated carbocycles. The molecule has 0 spiro atoms. The highest BCUT2D eigenvalue weighted by Gasteiger charge is 2.06. The maximum absolute atomic E-state index is 10.4. The predicted octanol–water partition coefficient (Wildman–Crippen LogP) is 1.61. The molecule has 1 atom stereocenters. The van der Waals surface area contributed by atoms with E-state index in [4.69, 9.17) is 8.84 Å². The van der Waals surface area contributed by atoms with Crippen LogP contribution in [0, 0.1) is 0 Å². The van der Waals surface area contributed by atoms with Crippen LogP contribution in [0.25, 0.3) is 0 Å². The lowest BCUT2D eigenvalue weighted by Crippen LogP contribution is -2.14. The fraction of sp³-hybridized carbons (Fsp3) is 0.143. The SMILES string of the molecule is CSON(O)c1cccc(OS(=O)O)c1. The Balaban J connectivity index is 2.77. The van der Waals surface area contributed by atoms with E-state index in [1.54, 1.807) is 18.4 Å². The van der Waals surface area contributed by atoms with E-state index in [1.165, 1.54) is 12.1 Å². The van der Waals surface area contributed by atoms with E-state index in [0.717, 1.165) is 12.0 Å². The molecule has 8 heteroatoms. The molecule has 1 aromatic carbocycles.